The number of ether oxygens (including phenoxy) is 1. The Morgan fingerprint density at radius 2 is 2.04 bits per heavy atom. The Bertz CT molecular complexity index is 677. The number of para-hydroxylation sites is 2. The number of benzene rings is 1. The summed E-state index contributed by atoms with van der Waals surface area (Å²) in [7, 11) is 0. The van der Waals surface area contributed by atoms with Crippen molar-refractivity contribution in [3.63, 3.8) is 0 Å². The van der Waals surface area contributed by atoms with Crippen molar-refractivity contribution in [1.82, 2.24) is 4.90 Å². The predicted molar refractivity (Wildman–Crippen MR) is 87.7 cm³/mol. The summed E-state index contributed by atoms with van der Waals surface area (Å²) in [5.74, 6) is 0. The lowest BCUT2D eigenvalue weighted by atomic mass is 10.1. The van der Waals surface area contributed by atoms with Crippen molar-refractivity contribution in [3.8, 4) is 6.07 Å². The molecule has 0 N–H and O–H groups in total. The number of anilines is 1. The van der Waals surface area contributed by atoms with Crippen molar-refractivity contribution >= 4 is 17.5 Å². The van der Waals surface area contributed by atoms with Crippen LogP contribution in [-0.4, -0.2) is 47.2 Å². The predicted octanol–water partition coefficient (Wildman–Crippen LogP) is 2.54. The molecule has 2 rings (SSSR count). The van der Waals surface area contributed by atoms with Crippen LogP contribution in [0.25, 0.3) is 0 Å². The van der Waals surface area contributed by atoms with Gasteiger partial charge in [0.1, 0.15) is 17.3 Å². The lowest BCUT2D eigenvalue weighted by Crippen LogP contribution is -2.55. The third-order valence-electron chi connectivity index (χ3n) is 3.57. The molecule has 1 aliphatic rings. The summed E-state index contributed by atoms with van der Waals surface area (Å²) >= 11 is 0. The second kappa shape index (κ2) is 6.74. The Labute approximate surface area is 140 Å². The van der Waals surface area contributed by atoms with Gasteiger partial charge >= 0.3 is 6.09 Å². The van der Waals surface area contributed by atoms with Crippen molar-refractivity contribution in [2.75, 3.05) is 24.5 Å². The minimum absolute atomic E-state index is 0.0523. The highest BCUT2D eigenvalue weighted by Gasteiger charge is 2.34. The molecule has 1 aromatic carbocycles. The molecule has 1 aliphatic heterocycles. The lowest BCUT2D eigenvalue weighted by molar-refractivity contribution is -0.384. The maximum atomic E-state index is 12.2. The molecule has 0 bridgehead atoms. The average Bonchev–Trinajstić information content (AvgIpc) is 2.52. The van der Waals surface area contributed by atoms with Crippen molar-refractivity contribution in [3.05, 3.63) is 34.4 Å². The number of amides is 1. The Morgan fingerprint density at radius 3 is 2.62 bits per heavy atom. The van der Waals surface area contributed by atoms with Crippen LogP contribution >= 0.6 is 0 Å². The average molecular weight is 332 g/mol. The van der Waals surface area contributed by atoms with Crippen LogP contribution in [-0.2, 0) is 4.74 Å². The zero-order chi connectivity index (χ0) is 17.9. The van der Waals surface area contributed by atoms with Crippen molar-refractivity contribution in [2.45, 2.75) is 32.4 Å². The van der Waals surface area contributed by atoms with Crippen molar-refractivity contribution in [1.29, 1.82) is 5.26 Å². The number of carbonyl (C=O) groups is 1. The zero-order valence-electron chi connectivity index (χ0n) is 13.9. The molecule has 0 aromatic heterocycles. The van der Waals surface area contributed by atoms with E-state index in [1.807, 2.05) is 0 Å². The normalized spacial score (nSPS) is 18.0. The molecule has 0 radical (unpaired) electrons. The summed E-state index contributed by atoms with van der Waals surface area (Å²) in [6, 6.07) is 7.74. The van der Waals surface area contributed by atoms with Crippen molar-refractivity contribution < 1.29 is 14.5 Å². The van der Waals surface area contributed by atoms with Crippen LogP contribution in [0.15, 0.2) is 24.3 Å². The number of hydrogen-bond donors (Lipinski definition) is 0. The van der Waals surface area contributed by atoms with Gasteiger partial charge in [0, 0.05) is 19.2 Å². The van der Waals surface area contributed by atoms with Gasteiger partial charge in [-0.15, -0.1) is 0 Å². The van der Waals surface area contributed by atoms with Gasteiger partial charge in [-0.1, -0.05) is 12.1 Å². The maximum absolute atomic E-state index is 12.2. The molecule has 1 heterocycles. The molecule has 8 nitrogen and oxygen atoms in total. The SMILES string of the molecule is CC(C)(C)OC(=O)N1CCN(c2ccccc2[N+](=O)[O-])C(C#N)C1. The van der Waals surface area contributed by atoms with Crippen LogP contribution in [0.3, 0.4) is 0 Å². The van der Waals surface area contributed by atoms with Gasteiger partial charge in [0.15, 0.2) is 0 Å². The molecule has 0 saturated carbocycles. The van der Waals surface area contributed by atoms with Crippen LogP contribution < -0.4 is 4.90 Å². The molecular weight excluding hydrogens is 312 g/mol. The summed E-state index contributed by atoms with van der Waals surface area (Å²) in [5, 5.41) is 20.6. The number of hydrogen-bond acceptors (Lipinski definition) is 6. The first-order valence-electron chi connectivity index (χ1n) is 7.60. The van der Waals surface area contributed by atoms with Crippen LogP contribution in [0.4, 0.5) is 16.2 Å². The van der Waals surface area contributed by atoms with Gasteiger partial charge < -0.3 is 14.5 Å². The van der Waals surface area contributed by atoms with Gasteiger partial charge in [-0.25, -0.2) is 4.79 Å². The number of nitrogens with zero attached hydrogens (tertiary/aromatic N) is 4. The minimum atomic E-state index is -0.674. The standard InChI is InChI=1S/C16H20N4O4/c1-16(2,3)24-15(21)18-8-9-19(12(10-17)11-18)13-6-4-5-7-14(13)20(22)23/h4-7,12H,8-9,11H2,1-3H3. The number of rotatable bonds is 2. The number of piperazine rings is 1. The third-order valence-corrected chi connectivity index (χ3v) is 3.57. The minimum Gasteiger partial charge on any atom is -0.444 e. The third kappa shape index (κ3) is 3.93. The monoisotopic (exact) mass is 332 g/mol. The topological polar surface area (TPSA) is 99.7 Å². The largest absolute Gasteiger partial charge is 0.444 e. The van der Waals surface area contributed by atoms with E-state index in [-0.39, 0.29) is 12.2 Å². The van der Waals surface area contributed by atoms with E-state index in [1.54, 1.807) is 43.9 Å². The molecule has 1 saturated heterocycles. The number of nitro benzene ring substituents is 1. The summed E-state index contributed by atoms with van der Waals surface area (Å²) in [6.45, 7) is 6.11. The molecular formula is C16H20N4O4. The van der Waals surface area contributed by atoms with Gasteiger partial charge in [-0.2, -0.15) is 5.26 Å². The highest BCUT2D eigenvalue weighted by molar-refractivity contribution is 5.70. The Hall–Kier alpha value is -2.82. The number of nitro groups is 1. The first kappa shape index (κ1) is 17.5. The molecule has 1 atom stereocenters. The van der Waals surface area contributed by atoms with Crippen LogP contribution in [0.5, 0.6) is 0 Å². The molecule has 0 aliphatic carbocycles. The van der Waals surface area contributed by atoms with Gasteiger partial charge in [-0.05, 0) is 26.8 Å². The van der Waals surface area contributed by atoms with E-state index in [4.69, 9.17) is 4.74 Å². The van der Waals surface area contributed by atoms with E-state index < -0.39 is 22.7 Å². The summed E-state index contributed by atoms with van der Waals surface area (Å²) in [5.41, 5.74) is -0.282. The quantitative estimate of drug-likeness (QED) is 0.609. The summed E-state index contributed by atoms with van der Waals surface area (Å²) in [4.78, 5) is 26.0. The fourth-order valence-electron chi connectivity index (χ4n) is 2.54. The first-order chi connectivity index (χ1) is 11.2. The van der Waals surface area contributed by atoms with Gasteiger partial charge in [0.2, 0.25) is 0 Å². The lowest BCUT2D eigenvalue weighted by Gasteiger charge is -2.39. The second-order valence-corrected chi connectivity index (χ2v) is 6.51. The molecule has 1 amide bonds. The zero-order valence-corrected chi connectivity index (χ0v) is 13.9. The Balaban J connectivity index is 2.19. The van der Waals surface area contributed by atoms with Crippen molar-refractivity contribution in [2.24, 2.45) is 0 Å². The fraction of sp³-hybridized carbons (Fsp3) is 0.500. The molecule has 1 unspecified atom stereocenters. The van der Waals surface area contributed by atoms with Crippen LogP contribution in [0.1, 0.15) is 20.8 Å². The summed E-state index contributed by atoms with van der Waals surface area (Å²) in [6.07, 6.45) is -0.482. The second-order valence-electron chi connectivity index (χ2n) is 6.51. The van der Waals surface area contributed by atoms with Gasteiger partial charge in [0.25, 0.3) is 5.69 Å². The molecule has 1 aromatic rings. The highest BCUT2D eigenvalue weighted by Crippen LogP contribution is 2.30. The van der Waals surface area contributed by atoms with Gasteiger partial charge in [0.05, 0.1) is 17.5 Å². The van der Waals surface area contributed by atoms with Crippen LogP contribution in [0.2, 0.25) is 0 Å². The van der Waals surface area contributed by atoms with Gasteiger partial charge in [-0.3, -0.25) is 10.1 Å². The van der Waals surface area contributed by atoms with E-state index in [2.05, 4.69) is 6.07 Å². The van der Waals surface area contributed by atoms with E-state index in [0.29, 0.717) is 18.8 Å². The molecule has 24 heavy (non-hydrogen) atoms. The molecule has 128 valence electrons. The van der Waals surface area contributed by atoms with E-state index >= 15 is 0 Å². The number of nitriles is 1. The Kier molecular flexibility index (Phi) is 4.93. The number of carbonyl (C=O) groups excluding carboxylic acids is 1. The Morgan fingerprint density at radius 1 is 1.38 bits per heavy atom. The molecule has 1 fully saturated rings. The molecule has 8 heteroatoms. The smallest absolute Gasteiger partial charge is 0.410 e. The highest BCUT2D eigenvalue weighted by atomic mass is 16.6. The van der Waals surface area contributed by atoms with Crippen LogP contribution in [0, 0.1) is 21.4 Å². The first-order valence-corrected chi connectivity index (χ1v) is 7.60. The summed E-state index contributed by atoms with van der Waals surface area (Å²) < 4.78 is 5.32. The van der Waals surface area contributed by atoms with E-state index in [1.165, 1.54) is 11.0 Å². The fourth-order valence-corrected chi connectivity index (χ4v) is 2.54. The van der Waals surface area contributed by atoms with E-state index in [0.717, 1.165) is 0 Å². The maximum Gasteiger partial charge on any atom is 0.410 e. The van der Waals surface area contributed by atoms with E-state index in [9.17, 15) is 20.2 Å². The molecule has 0 spiro atoms.